The van der Waals surface area contributed by atoms with Gasteiger partial charge in [-0.15, -0.1) is 24.2 Å². The Kier molecular flexibility index (Phi) is 8.06. The van der Waals surface area contributed by atoms with Crippen LogP contribution in [0.15, 0.2) is 24.3 Å². The Hall–Kier alpha value is -1.44. The van der Waals surface area contributed by atoms with Gasteiger partial charge in [0, 0.05) is 37.0 Å². The fourth-order valence-corrected chi connectivity index (χ4v) is 4.19. The number of carbonyl (C=O) groups excluding carboxylic acids is 2. The van der Waals surface area contributed by atoms with Crippen LogP contribution >= 0.6 is 24.2 Å². The van der Waals surface area contributed by atoms with E-state index < -0.39 is 0 Å². The highest BCUT2D eigenvalue weighted by molar-refractivity contribution is 7.99. The zero-order chi connectivity index (χ0) is 17.6. The molecule has 0 spiro atoms. The largest absolute Gasteiger partial charge is 0.341 e. The number of halogens is 1. The lowest BCUT2D eigenvalue weighted by Gasteiger charge is -2.34. The van der Waals surface area contributed by atoms with E-state index in [1.165, 1.54) is 0 Å². The van der Waals surface area contributed by atoms with E-state index in [2.05, 4.69) is 16.0 Å². The van der Waals surface area contributed by atoms with Crippen LogP contribution < -0.4 is 16.0 Å². The minimum absolute atomic E-state index is 0. The highest BCUT2D eigenvalue weighted by Gasteiger charge is 2.30. The Morgan fingerprint density at radius 1 is 1.31 bits per heavy atom. The van der Waals surface area contributed by atoms with E-state index in [-0.39, 0.29) is 30.4 Å². The van der Waals surface area contributed by atoms with Crippen LogP contribution in [-0.4, -0.2) is 54.1 Å². The summed E-state index contributed by atoms with van der Waals surface area (Å²) in [4.78, 5) is 26.5. The van der Waals surface area contributed by atoms with Gasteiger partial charge in [0.2, 0.25) is 5.91 Å². The molecule has 2 aliphatic heterocycles. The summed E-state index contributed by atoms with van der Waals surface area (Å²) in [7, 11) is 0. The molecular weight excluding hydrogens is 372 g/mol. The maximum Gasteiger partial charge on any atom is 0.319 e. The number of urea groups is 1. The van der Waals surface area contributed by atoms with Gasteiger partial charge in [0.05, 0.1) is 6.04 Å². The summed E-state index contributed by atoms with van der Waals surface area (Å²) in [5.41, 5.74) is 1.95. The van der Waals surface area contributed by atoms with E-state index >= 15 is 0 Å². The average Bonchev–Trinajstić information content (AvgIpc) is 3.16. The Balaban J connectivity index is 0.00000243. The summed E-state index contributed by atoms with van der Waals surface area (Å²) in [6.07, 6.45) is 2.04. The number of rotatable bonds is 4. The molecule has 144 valence electrons. The number of likely N-dealkylation sites (tertiary alicyclic amines) is 1. The molecular formula is C18H27ClN4O2S. The number of thioether (sulfide) groups is 1. The predicted molar refractivity (Wildman–Crippen MR) is 109 cm³/mol. The molecule has 1 aromatic rings. The summed E-state index contributed by atoms with van der Waals surface area (Å²) < 4.78 is 0. The number of carbonyl (C=O) groups is 2. The molecule has 0 aliphatic carbocycles. The zero-order valence-corrected chi connectivity index (χ0v) is 16.6. The van der Waals surface area contributed by atoms with E-state index in [4.69, 9.17) is 0 Å². The second-order valence-corrected chi connectivity index (χ2v) is 7.80. The Morgan fingerprint density at radius 3 is 2.77 bits per heavy atom. The van der Waals surface area contributed by atoms with Gasteiger partial charge in [-0.2, -0.15) is 0 Å². The standard InChI is InChI=1S/C18H26N4O2S.ClH/c1-13-4-6-15(7-5-13)21-18(24)19-9-14-3-2-8-22(10-14)17(23)16-11-25-12-20-16;/h4-7,14,16,20H,2-3,8-12H2,1H3,(H2,19,21,24);1H. The van der Waals surface area contributed by atoms with Crippen LogP contribution in [0.25, 0.3) is 0 Å². The summed E-state index contributed by atoms with van der Waals surface area (Å²) >= 11 is 1.77. The van der Waals surface area contributed by atoms with Crippen molar-refractivity contribution in [2.75, 3.05) is 36.6 Å². The van der Waals surface area contributed by atoms with Crippen LogP contribution in [0.1, 0.15) is 18.4 Å². The van der Waals surface area contributed by atoms with E-state index in [1.807, 2.05) is 36.1 Å². The molecule has 6 nitrogen and oxygen atoms in total. The quantitative estimate of drug-likeness (QED) is 0.728. The van der Waals surface area contributed by atoms with Crippen LogP contribution in [0.4, 0.5) is 10.5 Å². The number of anilines is 1. The van der Waals surface area contributed by atoms with Gasteiger partial charge in [-0.3, -0.25) is 10.1 Å². The third-order valence-electron chi connectivity index (χ3n) is 4.71. The molecule has 2 atom stereocenters. The number of benzene rings is 1. The molecule has 2 saturated heterocycles. The van der Waals surface area contributed by atoms with Crippen molar-refractivity contribution in [3.63, 3.8) is 0 Å². The molecule has 0 saturated carbocycles. The predicted octanol–water partition coefficient (Wildman–Crippen LogP) is 2.44. The second-order valence-electron chi connectivity index (χ2n) is 6.77. The molecule has 2 unspecified atom stereocenters. The number of hydrogen-bond donors (Lipinski definition) is 3. The summed E-state index contributed by atoms with van der Waals surface area (Å²) in [6.45, 7) is 4.16. The molecule has 26 heavy (non-hydrogen) atoms. The van der Waals surface area contributed by atoms with E-state index in [0.717, 1.165) is 48.8 Å². The maximum atomic E-state index is 12.5. The SMILES string of the molecule is Cc1ccc(NC(=O)NCC2CCCN(C(=O)C3CSCN3)C2)cc1.Cl. The molecule has 0 bridgehead atoms. The van der Waals surface area contributed by atoms with Crippen molar-refractivity contribution in [3.8, 4) is 0 Å². The van der Waals surface area contributed by atoms with Crippen LogP contribution in [-0.2, 0) is 4.79 Å². The minimum Gasteiger partial charge on any atom is -0.341 e. The number of hydrogen-bond acceptors (Lipinski definition) is 4. The smallest absolute Gasteiger partial charge is 0.319 e. The van der Waals surface area contributed by atoms with Crippen molar-refractivity contribution in [1.82, 2.24) is 15.5 Å². The van der Waals surface area contributed by atoms with Crippen molar-refractivity contribution in [2.45, 2.75) is 25.8 Å². The van der Waals surface area contributed by atoms with Crippen LogP contribution in [0.5, 0.6) is 0 Å². The van der Waals surface area contributed by atoms with Gasteiger partial charge >= 0.3 is 6.03 Å². The minimum atomic E-state index is -0.193. The third kappa shape index (κ3) is 5.79. The third-order valence-corrected chi connectivity index (χ3v) is 5.65. The van der Waals surface area contributed by atoms with Crippen LogP contribution in [0, 0.1) is 12.8 Å². The first-order valence-corrected chi connectivity index (χ1v) is 9.99. The Labute approximate surface area is 165 Å². The molecule has 1 aromatic carbocycles. The summed E-state index contributed by atoms with van der Waals surface area (Å²) in [5.74, 6) is 2.24. The highest BCUT2D eigenvalue weighted by Crippen LogP contribution is 2.19. The first-order valence-electron chi connectivity index (χ1n) is 8.83. The molecule has 2 heterocycles. The molecule has 2 fully saturated rings. The molecule has 3 amide bonds. The number of piperidine rings is 1. The molecule has 0 radical (unpaired) electrons. The fraction of sp³-hybridized carbons (Fsp3) is 0.556. The van der Waals surface area contributed by atoms with Gasteiger partial charge in [0.1, 0.15) is 0 Å². The molecule has 2 aliphatic rings. The lowest BCUT2D eigenvalue weighted by Crippen LogP contribution is -2.50. The summed E-state index contributed by atoms with van der Waals surface area (Å²) in [5, 5.41) is 9.02. The normalized spacial score (nSPS) is 22.4. The number of amides is 3. The van der Waals surface area contributed by atoms with Gasteiger partial charge < -0.3 is 15.5 Å². The maximum absolute atomic E-state index is 12.5. The lowest BCUT2D eigenvalue weighted by atomic mass is 9.97. The zero-order valence-electron chi connectivity index (χ0n) is 15.0. The van der Waals surface area contributed by atoms with Crippen molar-refractivity contribution < 1.29 is 9.59 Å². The molecule has 8 heteroatoms. The fourth-order valence-electron chi connectivity index (χ4n) is 3.26. The van der Waals surface area contributed by atoms with E-state index in [0.29, 0.717) is 12.5 Å². The van der Waals surface area contributed by atoms with Gasteiger partial charge in [-0.1, -0.05) is 17.7 Å². The first-order chi connectivity index (χ1) is 12.1. The highest BCUT2D eigenvalue weighted by atomic mass is 35.5. The van der Waals surface area contributed by atoms with Crippen LogP contribution in [0.3, 0.4) is 0 Å². The van der Waals surface area contributed by atoms with Crippen molar-refractivity contribution in [2.24, 2.45) is 5.92 Å². The van der Waals surface area contributed by atoms with Crippen LogP contribution in [0.2, 0.25) is 0 Å². The van der Waals surface area contributed by atoms with Gasteiger partial charge in [-0.05, 0) is 37.8 Å². The lowest BCUT2D eigenvalue weighted by molar-refractivity contribution is -0.134. The monoisotopic (exact) mass is 398 g/mol. The number of nitrogens with one attached hydrogen (secondary N) is 3. The molecule has 3 rings (SSSR count). The Morgan fingerprint density at radius 2 is 2.08 bits per heavy atom. The topological polar surface area (TPSA) is 73.5 Å². The molecule has 3 N–H and O–H groups in total. The Bertz CT molecular complexity index is 608. The van der Waals surface area contributed by atoms with Crippen molar-refractivity contribution in [1.29, 1.82) is 0 Å². The number of aryl methyl sites for hydroxylation is 1. The molecule has 0 aromatic heterocycles. The average molecular weight is 399 g/mol. The van der Waals surface area contributed by atoms with Gasteiger partial charge in [-0.25, -0.2) is 4.79 Å². The van der Waals surface area contributed by atoms with Gasteiger partial charge in [0.25, 0.3) is 0 Å². The second kappa shape index (κ2) is 10.0. The van der Waals surface area contributed by atoms with E-state index in [1.54, 1.807) is 11.8 Å². The summed E-state index contributed by atoms with van der Waals surface area (Å²) in [6, 6.07) is 7.48. The first kappa shape index (κ1) is 20.9. The van der Waals surface area contributed by atoms with Gasteiger partial charge in [0.15, 0.2) is 0 Å². The van der Waals surface area contributed by atoms with Crippen molar-refractivity contribution in [3.05, 3.63) is 29.8 Å². The van der Waals surface area contributed by atoms with Crippen molar-refractivity contribution >= 4 is 41.8 Å². The number of nitrogens with zero attached hydrogens (tertiary/aromatic N) is 1. The van der Waals surface area contributed by atoms with E-state index in [9.17, 15) is 9.59 Å².